The topological polar surface area (TPSA) is 35.2 Å². The maximum absolute atomic E-state index is 5.90. The first-order chi connectivity index (χ1) is 6.61. The Morgan fingerprint density at radius 1 is 1.36 bits per heavy atom. The number of rotatable bonds is 3. The molecule has 0 saturated carbocycles. The van der Waals surface area contributed by atoms with Crippen LogP contribution in [0.1, 0.15) is 22.7 Å². The monoisotopic (exact) mass is 191 g/mol. The summed E-state index contributed by atoms with van der Waals surface area (Å²) >= 11 is 0. The predicted octanol–water partition coefficient (Wildman–Crippen LogP) is 2.50. The van der Waals surface area contributed by atoms with Crippen molar-refractivity contribution < 1.29 is 4.74 Å². The lowest BCUT2D eigenvalue weighted by Gasteiger charge is -2.15. The van der Waals surface area contributed by atoms with E-state index in [1.807, 2.05) is 19.1 Å². The fourth-order valence-electron chi connectivity index (χ4n) is 1.53. The summed E-state index contributed by atoms with van der Waals surface area (Å²) in [5.41, 5.74) is 9.32. The minimum atomic E-state index is -0.0976. The fraction of sp³-hybridized carbons (Fsp3) is 0.333. The molecule has 1 aromatic rings. The average molecular weight is 191 g/mol. The molecule has 2 heteroatoms. The molecule has 0 saturated heterocycles. The smallest absolute Gasteiger partial charge is 0.122 e. The zero-order chi connectivity index (χ0) is 10.7. The molecule has 0 fully saturated rings. The third kappa shape index (κ3) is 1.80. The number of methoxy groups -OCH3 is 1. The van der Waals surface area contributed by atoms with Gasteiger partial charge in [-0.25, -0.2) is 0 Å². The van der Waals surface area contributed by atoms with Crippen molar-refractivity contribution in [3.05, 3.63) is 41.5 Å². The van der Waals surface area contributed by atoms with Gasteiger partial charge < -0.3 is 10.5 Å². The van der Waals surface area contributed by atoms with Crippen molar-refractivity contribution in [1.82, 2.24) is 0 Å². The minimum Gasteiger partial charge on any atom is -0.496 e. The van der Waals surface area contributed by atoms with Gasteiger partial charge >= 0.3 is 0 Å². The molecule has 0 aliphatic heterocycles. The van der Waals surface area contributed by atoms with Gasteiger partial charge in [0.2, 0.25) is 0 Å². The lowest BCUT2D eigenvalue weighted by Crippen LogP contribution is -2.09. The van der Waals surface area contributed by atoms with E-state index in [9.17, 15) is 0 Å². The highest BCUT2D eigenvalue weighted by Crippen LogP contribution is 2.26. The Morgan fingerprint density at radius 2 is 2.00 bits per heavy atom. The molecule has 0 aliphatic rings. The van der Waals surface area contributed by atoms with E-state index >= 15 is 0 Å². The van der Waals surface area contributed by atoms with Crippen LogP contribution < -0.4 is 10.5 Å². The Bertz CT molecular complexity index is 344. The Labute approximate surface area is 85.4 Å². The summed E-state index contributed by atoms with van der Waals surface area (Å²) in [7, 11) is 1.68. The summed E-state index contributed by atoms with van der Waals surface area (Å²) in [6.07, 6.45) is 1.74. The molecule has 14 heavy (non-hydrogen) atoms. The summed E-state index contributed by atoms with van der Waals surface area (Å²) < 4.78 is 5.23. The third-order valence-corrected chi connectivity index (χ3v) is 2.61. The van der Waals surface area contributed by atoms with Gasteiger partial charge in [-0.1, -0.05) is 12.1 Å². The van der Waals surface area contributed by atoms with Crippen LogP contribution in [-0.2, 0) is 0 Å². The summed E-state index contributed by atoms with van der Waals surface area (Å²) in [5.74, 6) is 0.905. The Kier molecular flexibility index (Phi) is 3.31. The molecule has 1 rings (SSSR count). The molecular formula is C12H17NO. The van der Waals surface area contributed by atoms with E-state index in [-0.39, 0.29) is 6.04 Å². The third-order valence-electron chi connectivity index (χ3n) is 2.61. The highest BCUT2D eigenvalue weighted by molar-refractivity contribution is 5.45. The molecule has 0 spiro atoms. The van der Waals surface area contributed by atoms with Gasteiger partial charge in [0.05, 0.1) is 7.11 Å². The second-order valence-electron chi connectivity index (χ2n) is 3.37. The summed E-state index contributed by atoms with van der Waals surface area (Å²) in [4.78, 5) is 0. The molecule has 2 N–H and O–H groups in total. The van der Waals surface area contributed by atoms with Gasteiger partial charge in [-0.05, 0) is 36.6 Å². The van der Waals surface area contributed by atoms with Gasteiger partial charge in [-0.2, -0.15) is 0 Å². The van der Waals surface area contributed by atoms with Gasteiger partial charge in [0.25, 0.3) is 0 Å². The van der Waals surface area contributed by atoms with Gasteiger partial charge in [-0.3, -0.25) is 0 Å². The van der Waals surface area contributed by atoms with E-state index in [1.165, 1.54) is 5.56 Å². The van der Waals surface area contributed by atoms with Crippen molar-refractivity contribution in [3.8, 4) is 5.75 Å². The van der Waals surface area contributed by atoms with E-state index in [0.717, 1.165) is 16.9 Å². The summed E-state index contributed by atoms with van der Waals surface area (Å²) in [5, 5.41) is 0. The number of nitrogens with two attached hydrogens (primary N) is 1. The molecule has 0 radical (unpaired) electrons. The van der Waals surface area contributed by atoms with Crippen LogP contribution in [0, 0.1) is 13.8 Å². The number of ether oxygens (including phenoxy) is 1. The SMILES string of the molecule is C=C[C@@H](N)c1ccc(OC)c(C)c1C. The molecule has 0 amide bonds. The molecule has 0 aromatic heterocycles. The molecule has 0 unspecified atom stereocenters. The van der Waals surface area contributed by atoms with Crippen LogP contribution in [0.25, 0.3) is 0 Å². The van der Waals surface area contributed by atoms with Crippen LogP contribution in [0.15, 0.2) is 24.8 Å². The van der Waals surface area contributed by atoms with Crippen LogP contribution in [-0.4, -0.2) is 7.11 Å². The quantitative estimate of drug-likeness (QED) is 0.745. The van der Waals surface area contributed by atoms with Gasteiger partial charge in [0.15, 0.2) is 0 Å². The maximum Gasteiger partial charge on any atom is 0.122 e. The molecule has 2 nitrogen and oxygen atoms in total. The van der Waals surface area contributed by atoms with E-state index < -0.39 is 0 Å². The number of benzene rings is 1. The molecule has 0 heterocycles. The highest BCUT2D eigenvalue weighted by Gasteiger charge is 2.09. The number of hydrogen-bond donors (Lipinski definition) is 1. The zero-order valence-electron chi connectivity index (χ0n) is 9.00. The van der Waals surface area contributed by atoms with Crippen LogP contribution >= 0.6 is 0 Å². The van der Waals surface area contributed by atoms with E-state index in [4.69, 9.17) is 10.5 Å². The van der Waals surface area contributed by atoms with Crippen molar-refractivity contribution in [2.75, 3.05) is 7.11 Å². The standard InChI is InChI=1S/C12H17NO/c1-5-11(13)10-6-7-12(14-4)9(3)8(10)2/h5-7,11H,1,13H2,2-4H3/t11-/m1/s1. The first kappa shape index (κ1) is 10.8. The zero-order valence-corrected chi connectivity index (χ0v) is 9.00. The van der Waals surface area contributed by atoms with Crippen molar-refractivity contribution in [1.29, 1.82) is 0 Å². The average Bonchev–Trinajstić information content (AvgIpc) is 2.21. The maximum atomic E-state index is 5.90. The molecule has 0 aliphatic carbocycles. The van der Waals surface area contributed by atoms with E-state index in [0.29, 0.717) is 0 Å². The Morgan fingerprint density at radius 3 is 2.50 bits per heavy atom. The van der Waals surface area contributed by atoms with Crippen molar-refractivity contribution in [3.63, 3.8) is 0 Å². The van der Waals surface area contributed by atoms with Crippen molar-refractivity contribution in [2.45, 2.75) is 19.9 Å². The lowest BCUT2D eigenvalue weighted by molar-refractivity contribution is 0.411. The van der Waals surface area contributed by atoms with Crippen molar-refractivity contribution >= 4 is 0 Å². The molecule has 1 atom stereocenters. The Balaban J connectivity index is 3.23. The highest BCUT2D eigenvalue weighted by atomic mass is 16.5. The first-order valence-electron chi connectivity index (χ1n) is 4.64. The minimum absolute atomic E-state index is 0.0976. The van der Waals surface area contributed by atoms with Crippen LogP contribution in [0.3, 0.4) is 0 Å². The van der Waals surface area contributed by atoms with Gasteiger partial charge in [0, 0.05) is 6.04 Å². The van der Waals surface area contributed by atoms with Gasteiger partial charge in [-0.15, -0.1) is 6.58 Å². The second kappa shape index (κ2) is 4.29. The van der Waals surface area contributed by atoms with Crippen molar-refractivity contribution in [2.24, 2.45) is 5.73 Å². The summed E-state index contributed by atoms with van der Waals surface area (Å²) in [6.45, 7) is 7.78. The molecule has 1 aromatic carbocycles. The van der Waals surface area contributed by atoms with E-state index in [2.05, 4.69) is 13.5 Å². The second-order valence-corrected chi connectivity index (χ2v) is 3.37. The largest absolute Gasteiger partial charge is 0.496 e. The van der Waals surface area contributed by atoms with Crippen LogP contribution in [0.4, 0.5) is 0 Å². The molecule has 0 bridgehead atoms. The normalized spacial score (nSPS) is 12.3. The van der Waals surface area contributed by atoms with Crippen LogP contribution in [0.2, 0.25) is 0 Å². The molecule has 76 valence electrons. The van der Waals surface area contributed by atoms with Crippen LogP contribution in [0.5, 0.6) is 5.75 Å². The summed E-state index contributed by atoms with van der Waals surface area (Å²) in [6, 6.07) is 3.84. The Hall–Kier alpha value is -1.28. The fourth-order valence-corrected chi connectivity index (χ4v) is 1.53. The van der Waals surface area contributed by atoms with E-state index in [1.54, 1.807) is 13.2 Å². The molecular weight excluding hydrogens is 174 g/mol. The van der Waals surface area contributed by atoms with Gasteiger partial charge in [0.1, 0.15) is 5.75 Å². The predicted molar refractivity (Wildman–Crippen MR) is 59.6 cm³/mol. The first-order valence-corrected chi connectivity index (χ1v) is 4.64. The number of hydrogen-bond acceptors (Lipinski definition) is 2. The lowest BCUT2D eigenvalue weighted by atomic mass is 9.97.